The Balaban J connectivity index is 1.73. The van der Waals surface area contributed by atoms with Crippen LogP contribution in [0.5, 0.6) is 0 Å². The van der Waals surface area contributed by atoms with Gasteiger partial charge in [-0.05, 0) is 50.9 Å². The normalized spacial score (nSPS) is 17.9. The lowest BCUT2D eigenvalue weighted by Gasteiger charge is -2.30. The summed E-state index contributed by atoms with van der Waals surface area (Å²) < 4.78 is 0. The average Bonchev–Trinajstić information content (AvgIpc) is 2.36. The van der Waals surface area contributed by atoms with E-state index in [1.165, 1.54) is 25.9 Å². The summed E-state index contributed by atoms with van der Waals surface area (Å²) in [6, 6.07) is 3.86. The second kappa shape index (κ2) is 6.05. The highest BCUT2D eigenvalue weighted by Crippen LogP contribution is 2.15. The molecule has 0 saturated carbocycles. The molecular weight excluding hydrogens is 224 g/mol. The van der Waals surface area contributed by atoms with E-state index in [0.717, 1.165) is 36.2 Å². The van der Waals surface area contributed by atoms with Gasteiger partial charge in [0.05, 0.1) is 11.4 Å². The molecule has 4 nitrogen and oxygen atoms in total. The summed E-state index contributed by atoms with van der Waals surface area (Å²) in [5.41, 5.74) is 7.40. The summed E-state index contributed by atoms with van der Waals surface area (Å²) in [6.07, 6.45) is 2.67. The minimum atomic E-state index is 0.755. The smallest absolute Gasteiger partial charge is 0.126 e. The molecule has 2 rings (SSSR count). The van der Waals surface area contributed by atoms with E-state index in [9.17, 15) is 0 Å². The Morgan fingerprint density at radius 3 is 2.78 bits per heavy atom. The molecule has 4 heteroatoms. The Labute approximate surface area is 110 Å². The van der Waals surface area contributed by atoms with E-state index >= 15 is 0 Å². The van der Waals surface area contributed by atoms with Crippen LogP contribution in [-0.2, 0) is 0 Å². The predicted octanol–water partition coefficient (Wildman–Crippen LogP) is 2.12. The van der Waals surface area contributed by atoms with Gasteiger partial charge in [0.25, 0.3) is 0 Å². The number of pyridine rings is 1. The van der Waals surface area contributed by atoms with Gasteiger partial charge in [0.15, 0.2) is 0 Å². The van der Waals surface area contributed by atoms with E-state index in [0.29, 0.717) is 0 Å². The summed E-state index contributed by atoms with van der Waals surface area (Å²) >= 11 is 0. The van der Waals surface area contributed by atoms with Crippen LogP contribution in [0.3, 0.4) is 0 Å². The molecule has 1 aliphatic rings. The van der Waals surface area contributed by atoms with Gasteiger partial charge in [0.2, 0.25) is 0 Å². The quantitative estimate of drug-likeness (QED) is 0.857. The van der Waals surface area contributed by atoms with Gasteiger partial charge in [-0.1, -0.05) is 6.92 Å². The minimum absolute atomic E-state index is 0.755. The van der Waals surface area contributed by atoms with Crippen molar-refractivity contribution in [3.05, 3.63) is 17.8 Å². The fourth-order valence-electron chi connectivity index (χ4n) is 2.30. The molecule has 0 bridgehead atoms. The van der Waals surface area contributed by atoms with Crippen molar-refractivity contribution in [2.75, 3.05) is 37.2 Å². The molecular formula is C14H24N4. The lowest BCUT2D eigenvalue weighted by Crippen LogP contribution is -2.36. The van der Waals surface area contributed by atoms with Crippen LogP contribution in [0.25, 0.3) is 0 Å². The number of hydrogen-bond acceptors (Lipinski definition) is 4. The largest absolute Gasteiger partial charge is 0.397 e. The van der Waals surface area contributed by atoms with Crippen molar-refractivity contribution < 1.29 is 0 Å². The van der Waals surface area contributed by atoms with Gasteiger partial charge in [0, 0.05) is 13.1 Å². The zero-order valence-electron chi connectivity index (χ0n) is 11.4. The highest BCUT2D eigenvalue weighted by atomic mass is 15.1. The number of rotatable bonds is 4. The third kappa shape index (κ3) is 3.60. The number of nitrogens with two attached hydrogens (primary N) is 1. The van der Waals surface area contributed by atoms with Crippen molar-refractivity contribution >= 4 is 11.5 Å². The van der Waals surface area contributed by atoms with Crippen molar-refractivity contribution in [3.63, 3.8) is 0 Å². The Bertz CT molecular complexity index is 383. The highest BCUT2D eigenvalue weighted by Gasteiger charge is 2.14. The summed E-state index contributed by atoms with van der Waals surface area (Å²) in [5, 5.41) is 3.36. The molecule has 1 saturated heterocycles. The molecule has 0 spiro atoms. The number of aryl methyl sites for hydroxylation is 1. The summed E-state index contributed by atoms with van der Waals surface area (Å²) in [7, 11) is 0. The predicted molar refractivity (Wildman–Crippen MR) is 76.7 cm³/mol. The van der Waals surface area contributed by atoms with Crippen LogP contribution in [0.1, 0.15) is 25.5 Å². The molecule has 0 radical (unpaired) electrons. The Hall–Kier alpha value is -1.29. The fourth-order valence-corrected chi connectivity index (χ4v) is 2.30. The molecule has 1 aromatic heterocycles. The van der Waals surface area contributed by atoms with Crippen molar-refractivity contribution in [2.45, 2.75) is 26.7 Å². The molecule has 0 aliphatic carbocycles. The first-order valence-electron chi connectivity index (χ1n) is 6.84. The molecule has 0 unspecified atom stereocenters. The Morgan fingerprint density at radius 2 is 2.11 bits per heavy atom. The highest BCUT2D eigenvalue weighted by molar-refractivity contribution is 5.48. The van der Waals surface area contributed by atoms with E-state index in [2.05, 4.69) is 22.1 Å². The van der Waals surface area contributed by atoms with E-state index in [-0.39, 0.29) is 0 Å². The lowest BCUT2D eigenvalue weighted by atomic mass is 9.99. The van der Waals surface area contributed by atoms with Gasteiger partial charge in [-0.25, -0.2) is 4.98 Å². The lowest BCUT2D eigenvalue weighted by molar-refractivity contribution is 0.199. The van der Waals surface area contributed by atoms with E-state index in [4.69, 9.17) is 5.73 Å². The van der Waals surface area contributed by atoms with Gasteiger partial charge < -0.3 is 16.0 Å². The third-order valence-electron chi connectivity index (χ3n) is 3.74. The molecule has 0 atom stereocenters. The topological polar surface area (TPSA) is 54.2 Å². The Kier molecular flexibility index (Phi) is 4.42. The molecule has 100 valence electrons. The van der Waals surface area contributed by atoms with Crippen molar-refractivity contribution in [1.82, 2.24) is 9.88 Å². The van der Waals surface area contributed by atoms with Crippen molar-refractivity contribution in [2.24, 2.45) is 5.92 Å². The number of likely N-dealkylation sites (tertiary alicyclic amines) is 1. The summed E-state index contributed by atoms with van der Waals surface area (Å²) in [6.45, 7) is 8.79. The Morgan fingerprint density at radius 1 is 1.39 bits per heavy atom. The maximum atomic E-state index is 5.75. The number of aromatic nitrogens is 1. The summed E-state index contributed by atoms with van der Waals surface area (Å²) in [5.74, 6) is 1.82. The summed E-state index contributed by atoms with van der Waals surface area (Å²) in [4.78, 5) is 6.94. The second-order valence-corrected chi connectivity index (χ2v) is 5.32. The van der Waals surface area contributed by atoms with Crippen LogP contribution >= 0.6 is 0 Å². The second-order valence-electron chi connectivity index (χ2n) is 5.32. The first-order chi connectivity index (χ1) is 8.65. The van der Waals surface area contributed by atoms with Gasteiger partial charge in [-0.3, -0.25) is 0 Å². The van der Waals surface area contributed by atoms with Gasteiger partial charge in [-0.2, -0.15) is 0 Å². The molecule has 0 amide bonds. The van der Waals surface area contributed by atoms with Gasteiger partial charge in [-0.15, -0.1) is 0 Å². The molecule has 2 heterocycles. The first-order valence-corrected chi connectivity index (χ1v) is 6.84. The maximum absolute atomic E-state index is 5.75. The van der Waals surface area contributed by atoms with E-state index in [1.54, 1.807) is 0 Å². The van der Waals surface area contributed by atoms with E-state index in [1.807, 2.05) is 19.1 Å². The molecule has 1 aromatic rings. The monoisotopic (exact) mass is 248 g/mol. The average molecular weight is 248 g/mol. The molecule has 3 N–H and O–H groups in total. The number of anilines is 2. The number of piperidine rings is 1. The van der Waals surface area contributed by atoms with Crippen LogP contribution < -0.4 is 11.1 Å². The molecule has 1 fully saturated rings. The van der Waals surface area contributed by atoms with Gasteiger partial charge in [0.1, 0.15) is 5.82 Å². The van der Waals surface area contributed by atoms with Crippen molar-refractivity contribution in [3.8, 4) is 0 Å². The van der Waals surface area contributed by atoms with Crippen molar-refractivity contribution in [1.29, 1.82) is 0 Å². The minimum Gasteiger partial charge on any atom is -0.397 e. The van der Waals surface area contributed by atoms with Crippen LogP contribution in [0, 0.1) is 12.8 Å². The van der Waals surface area contributed by atoms with E-state index < -0.39 is 0 Å². The van der Waals surface area contributed by atoms with Crippen LogP contribution in [0.2, 0.25) is 0 Å². The molecule has 0 aromatic carbocycles. The first kappa shape index (κ1) is 13.1. The maximum Gasteiger partial charge on any atom is 0.126 e. The van der Waals surface area contributed by atoms with Crippen LogP contribution in [-0.4, -0.2) is 36.1 Å². The van der Waals surface area contributed by atoms with Crippen LogP contribution in [0.15, 0.2) is 12.1 Å². The van der Waals surface area contributed by atoms with Gasteiger partial charge >= 0.3 is 0 Å². The zero-order valence-corrected chi connectivity index (χ0v) is 11.4. The molecule has 18 heavy (non-hydrogen) atoms. The number of nitrogens with zero attached hydrogens (tertiary/aromatic N) is 2. The SMILES string of the molecule is Cc1nc(NCCN2CCC(C)CC2)ccc1N. The fraction of sp³-hybridized carbons (Fsp3) is 0.643. The number of hydrogen-bond donors (Lipinski definition) is 2. The van der Waals surface area contributed by atoms with Crippen LogP contribution in [0.4, 0.5) is 11.5 Å². The standard InChI is InChI=1S/C14H24N4/c1-11-5-8-18(9-6-11)10-7-16-14-4-3-13(15)12(2)17-14/h3-4,11H,5-10,15H2,1-2H3,(H,16,17). The molecule has 1 aliphatic heterocycles. The number of nitrogen functional groups attached to an aromatic ring is 1. The third-order valence-corrected chi connectivity index (χ3v) is 3.74. The number of nitrogens with one attached hydrogen (secondary N) is 1. The zero-order chi connectivity index (χ0) is 13.0.